The number of ether oxygens (including phenoxy) is 1. The molecule has 0 bridgehead atoms. The monoisotopic (exact) mass is 287 g/mol. The smallest absolute Gasteiger partial charge is 0.124 e. The van der Waals surface area contributed by atoms with Crippen LogP contribution in [0.1, 0.15) is 29.7 Å². The van der Waals surface area contributed by atoms with Crippen LogP contribution in [0, 0.1) is 12.7 Å². The summed E-state index contributed by atoms with van der Waals surface area (Å²) in [6.45, 7) is 4.57. The number of hydrogen-bond donors (Lipinski definition) is 1. The van der Waals surface area contributed by atoms with Crippen LogP contribution in [-0.2, 0) is 6.42 Å². The minimum Gasteiger partial charge on any atom is -0.494 e. The first-order valence-electron chi connectivity index (χ1n) is 7.29. The number of halogens is 1. The second kappa shape index (κ2) is 7.23. The van der Waals surface area contributed by atoms with Gasteiger partial charge in [0, 0.05) is 11.6 Å². The third-order valence-corrected chi connectivity index (χ3v) is 3.67. The van der Waals surface area contributed by atoms with Crippen molar-refractivity contribution in [1.29, 1.82) is 0 Å². The van der Waals surface area contributed by atoms with Crippen LogP contribution in [0.5, 0.6) is 5.75 Å². The molecule has 0 saturated heterocycles. The van der Waals surface area contributed by atoms with Gasteiger partial charge in [0.05, 0.1) is 6.61 Å². The maximum absolute atomic E-state index is 13.2. The molecule has 1 unspecified atom stereocenters. The van der Waals surface area contributed by atoms with Crippen molar-refractivity contribution in [1.82, 2.24) is 5.32 Å². The lowest BCUT2D eigenvalue weighted by molar-refractivity contribution is 0.332. The topological polar surface area (TPSA) is 21.3 Å². The highest BCUT2D eigenvalue weighted by molar-refractivity contribution is 5.38. The standard InChI is InChI=1S/C18H22FNO/c1-4-21-18-8-6-5-7-16(18)17(20-3)12-14-9-10-15(19)11-13(14)2/h5-11,17,20H,4,12H2,1-3H3. The SMILES string of the molecule is CCOc1ccccc1C(Cc1ccc(F)cc1C)NC. The zero-order valence-corrected chi connectivity index (χ0v) is 12.8. The molecule has 2 nitrogen and oxygen atoms in total. The van der Waals surface area contributed by atoms with E-state index in [2.05, 4.69) is 11.4 Å². The molecule has 21 heavy (non-hydrogen) atoms. The maximum Gasteiger partial charge on any atom is 0.124 e. The van der Waals surface area contributed by atoms with Crippen molar-refractivity contribution in [2.24, 2.45) is 0 Å². The van der Waals surface area contributed by atoms with Gasteiger partial charge in [0.2, 0.25) is 0 Å². The molecule has 1 atom stereocenters. The Kier molecular flexibility index (Phi) is 5.34. The number of benzene rings is 2. The van der Waals surface area contributed by atoms with E-state index >= 15 is 0 Å². The largest absolute Gasteiger partial charge is 0.494 e. The summed E-state index contributed by atoms with van der Waals surface area (Å²) in [5.41, 5.74) is 3.25. The Hall–Kier alpha value is -1.87. The third-order valence-electron chi connectivity index (χ3n) is 3.67. The minimum absolute atomic E-state index is 0.136. The van der Waals surface area contributed by atoms with E-state index < -0.39 is 0 Å². The minimum atomic E-state index is -0.188. The molecule has 0 heterocycles. The van der Waals surface area contributed by atoms with Crippen molar-refractivity contribution in [3.63, 3.8) is 0 Å². The fraction of sp³-hybridized carbons (Fsp3) is 0.333. The van der Waals surface area contributed by atoms with Crippen LogP contribution in [0.15, 0.2) is 42.5 Å². The number of hydrogen-bond acceptors (Lipinski definition) is 2. The molecule has 0 aromatic heterocycles. The lowest BCUT2D eigenvalue weighted by atomic mass is 9.95. The van der Waals surface area contributed by atoms with Crippen LogP contribution < -0.4 is 10.1 Å². The Morgan fingerprint density at radius 3 is 2.62 bits per heavy atom. The summed E-state index contributed by atoms with van der Waals surface area (Å²) in [6, 6.07) is 13.1. The zero-order chi connectivity index (χ0) is 15.2. The number of para-hydroxylation sites is 1. The van der Waals surface area contributed by atoms with Crippen LogP contribution in [-0.4, -0.2) is 13.7 Å². The van der Waals surface area contributed by atoms with Gasteiger partial charge in [-0.05, 0) is 56.6 Å². The Labute approximate surface area is 126 Å². The number of likely N-dealkylation sites (N-methyl/N-ethyl adjacent to an activating group) is 1. The van der Waals surface area contributed by atoms with Crippen molar-refractivity contribution in [2.75, 3.05) is 13.7 Å². The number of aryl methyl sites for hydroxylation is 1. The average molecular weight is 287 g/mol. The van der Waals surface area contributed by atoms with Crippen molar-refractivity contribution in [3.05, 3.63) is 65.0 Å². The molecule has 0 fully saturated rings. The van der Waals surface area contributed by atoms with Crippen LogP contribution in [0.4, 0.5) is 4.39 Å². The van der Waals surface area contributed by atoms with Gasteiger partial charge in [-0.2, -0.15) is 0 Å². The van der Waals surface area contributed by atoms with Crippen LogP contribution in [0.2, 0.25) is 0 Å². The molecule has 0 amide bonds. The van der Waals surface area contributed by atoms with E-state index in [9.17, 15) is 4.39 Å². The normalized spacial score (nSPS) is 12.2. The zero-order valence-electron chi connectivity index (χ0n) is 12.8. The van der Waals surface area contributed by atoms with Crippen molar-refractivity contribution in [2.45, 2.75) is 26.3 Å². The van der Waals surface area contributed by atoms with Crippen LogP contribution in [0.3, 0.4) is 0 Å². The van der Waals surface area contributed by atoms with Crippen molar-refractivity contribution >= 4 is 0 Å². The highest BCUT2D eigenvalue weighted by atomic mass is 19.1. The lowest BCUT2D eigenvalue weighted by Crippen LogP contribution is -2.20. The molecule has 0 spiro atoms. The van der Waals surface area contributed by atoms with E-state index in [1.165, 1.54) is 6.07 Å². The summed E-state index contributed by atoms with van der Waals surface area (Å²) in [6.07, 6.45) is 0.798. The molecule has 0 aliphatic heterocycles. The summed E-state index contributed by atoms with van der Waals surface area (Å²) in [5.74, 6) is 0.714. The molecule has 0 radical (unpaired) electrons. The molecular formula is C18H22FNO. The number of rotatable bonds is 6. The lowest BCUT2D eigenvalue weighted by Gasteiger charge is -2.21. The van der Waals surface area contributed by atoms with Gasteiger partial charge in [-0.3, -0.25) is 0 Å². The van der Waals surface area contributed by atoms with Gasteiger partial charge in [0.15, 0.2) is 0 Å². The van der Waals surface area contributed by atoms with E-state index in [-0.39, 0.29) is 11.9 Å². The quantitative estimate of drug-likeness (QED) is 0.866. The number of nitrogens with one attached hydrogen (secondary N) is 1. The second-order valence-corrected chi connectivity index (χ2v) is 5.09. The molecule has 2 aromatic carbocycles. The summed E-state index contributed by atoms with van der Waals surface area (Å²) in [7, 11) is 1.94. The van der Waals surface area contributed by atoms with Crippen molar-refractivity contribution < 1.29 is 9.13 Å². The molecule has 1 N–H and O–H groups in total. The van der Waals surface area contributed by atoms with Gasteiger partial charge in [-0.1, -0.05) is 24.3 Å². The predicted molar refractivity (Wildman–Crippen MR) is 84.3 cm³/mol. The Morgan fingerprint density at radius 1 is 1.19 bits per heavy atom. The third kappa shape index (κ3) is 3.82. The summed E-state index contributed by atoms with van der Waals surface area (Å²) in [5, 5.41) is 3.33. The van der Waals surface area contributed by atoms with Gasteiger partial charge < -0.3 is 10.1 Å². The van der Waals surface area contributed by atoms with E-state index in [4.69, 9.17) is 4.74 Å². The predicted octanol–water partition coefficient (Wildman–Crippen LogP) is 4.04. The fourth-order valence-electron chi connectivity index (χ4n) is 2.53. The van der Waals surface area contributed by atoms with E-state index in [0.29, 0.717) is 6.61 Å². The molecule has 3 heteroatoms. The highest BCUT2D eigenvalue weighted by Gasteiger charge is 2.16. The van der Waals surface area contributed by atoms with Crippen LogP contribution >= 0.6 is 0 Å². The fourth-order valence-corrected chi connectivity index (χ4v) is 2.53. The summed E-state index contributed by atoms with van der Waals surface area (Å²) < 4.78 is 18.9. The van der Waals surface area contributed by atoms with E-state index in [1.54, 1.807) is 6.07 Å². The average Bonchev–Trinajstić information content (AvgIpc) is 2.48. The molecule has 112 valence electrons. The van der Waals surface area contributed by atoms with Gasteiger partial charge >= 0.3 is 0 Å². The van der Waals surface area contributed by atoms with Gasteiger partial charge in [0.1, 0.15) is 11.6 Å². The Morgan fingerprint density at radius 2 is 1.95 bits per heavy atom. The molecule has 0 aliphatic carbocycles. The van der Waals surface area contributed by atoms with Gasteiger partial charge in [-0.15, -0.1) is 0 Å². The van der Waals surface area contributed by atoms with E-state index in [1.807, 2.05) is 45.2 Å². The second-order valence-electron chi connectivity index (χ2n) is 5.09. The first kappa shape index (κ1) is 15.5. The molecular weight excluding hydrogens is 265 g/mol. The summed E-state index contributed by atoms with van der Waals surface area (Å²) in [4.78, 5) is 0. The molecule has 0 saturated carbocycles. The summed E-state index contributed by atoms with van der Waals surface area (Å²) >= 11 is 0. The maximum atomic E-state index is 13.2. The molecule has 2 aromatic rings. The van der Waals surface area contributed by atoms with Gasteiger partial charge in [0.25, 0.3) is 0 Å². The Balaban J connectivity index is 2.27. The first-order valence-corrected chi connectivity index (χ1v) is 7.29. The Bertz CT molecular complexity index is 598. The van der Waals surface area contributed by atoms with Crippen LogP contribution in [0.25, 0.3) is 0 Å². The highest BCUT2D eigenvalue weighted by Crippen LogP contribution is 2.28. The van der Waals surface area contributed by atoms with Crippen molar-refractivity contribution in [3.8, 4) is 5.75 Å². The molecule has 2 rings (SSSR count). The van der Waals surface area contributed by atoms with Gasteiger partial charge in [-0.25, -0.2) is 4.39 Å². The molecule has 0 aliphatic rings. The first-order chi connectivity index (χ1) is 10.2. The van der Waals surface area contributed by atoms with E-state index in [0.717, 1.165) is 28.9 Å².